The van der Waals surface area contributed by atoms with E-state index in [0.717, 1.165) is 16.9 Å². The second kappa shape index (κ2) is 3.13. The summed E-state index contributed by atoms with van der Waals surface area (Å²) in [7, 11) is 0. The Bertz CT molecular complexity index is 451. The molecule has 0 unspecified atom stereocenters. The summed E-state index contributed by atoms with van der Waals surface area (Å²) >= 11 is 1.13. The van der Waals surface area contributed by atoms with Crippen LogP contribution in [0.3, 0.4) is 0 Å². The van der Waals surface area contributed by atoms with Crippen molar-refractivity contribution in [3.63, 3.8) is 0 Å². The van der Waals surface area contributed by atoms with E-state index >= 15 is 0 Å². The Labute approximate surface area is 81.1 Å². The third-order valence-electron chi connectivity index (χ3n) is 1.56. The molecule has 0 atom stereocenters. The first-order chi connectivity index (χ1) is 6.54. The number of hydrogen-bond acceptors (Lipinski definition) is 3. The minimum atomic E-state index is -4.64. The summed E-state index contributed by atoms with van der Waals surface area (Å²) in [5.74, 6) is -0.214. The van der Waals surface area contributed by atoms with E-state index in [-0.39, 0.29) is 5.75 Å². The van der Waals surface area contributed by atoms with Gasteiger partial charge in [0.25, 0.3) is 0 Å². The maximum Gasteiger partial charge on any atom is 0.573 e. The molecule has 1 aromatic carbocycles. The van der Waals surface area contributed by atoms with Gasteiger partial charge in [0, 0.05) is 11.6 Å². The molecule has 0 radical (unpaired) electrons. The van der Waals surface area contributed by atoms with Crippen molar-refractivity contribution in [2.24, 2.45) is 0 Å². The normalized spacial score (nSPS) is 11.9. The molecule has 0 saturated heterocycles. The lowest BCUT2D eigenvalue weighted by molar-refractivity contribution is -0.274. The maximum absolute atomic E-state index is 11.8. The second-order valence-corrected chi connectivity index (χ2v) is 3.41. The number of fused-ring (bicyclic) bond motifs is 1. The fourth-order valence-corrected chi connectivity index (χ4v) is 1.71. The molecule has 1 aromatic heterocycles. The van der Waals surface area contributed by atoms with Gasteiger partial charge in [0.2, 0.25) is 0 Å². The van der Waals surface area contributed by atoms with Gasteiger partial charge in [-0.25, -0.2) is 0 Å². The first-order valence-corrected chi connectivity index (χ1v) is 4.42. The van der Waals surface area contributed by atoms with Gasteiger partial charge in [-0.1, -0.05) is 0 Å². The molecular weight excluding hydrogens is 215 g/mol. The van der Waals surface area contributed by atoms with Crippen LogP contribution in [0.25, 0.3) is 10.1 Å². The standard InChI is InChI=1S/C8H4F3NOS/c9-8(10,11)13-6-2-1-5-4-12-14-7(5)3-6/h1-4H. The largest absolute Gasteiger partial charge is 0.573 e. The van der Waals surface area contributed by atoms with Crippen molar-refractivity contribution in [2.45, 2.75) is 6.36 Å². The van der Waals surface area contributed by atoms with Gasteiger partial charge in [-0.3, -0.25) is 0 Å². The second-order valence-electron chi connectivity index (χ2n) is 2.57. The summed E-state index contributed by atoms with van der Waals surface area (Å²) in [5, 5.41) is 0.810. The third-order valence-corrected chi connectivity index (χ3v) is 2.32. The molecule has 0 aliphatic rings. The number of halogens is 3. The van der Waals surface area contributed by atoms with Gasteiger partial charge >= 0.3 is 6.36 Å². The van der Waals surface area contributed by atoms with E-state index in [1.165, 1.54) is 12.1 Å². The topological polar surface area (TPSA) is 22.1 Å². The van der Waals surface area contributed by atoms with Crippen LogP contribution in [0.2, 0.25) is 0 Å². The Morgan fingerprint density at radius 2 is 2.07 bits per heavy atom. The van der Waals surface area contributed by atoms with Crippen LogP contribution in [-0.2, 0) is 0 Å². The van der Waals surface area contributed by atoms with Crippen LogP contribution in [0, 0.1) is 0 Å². The molecule has 1 heterocycles. The minimum absolute atomic E-state index is 0.214. The van der Waals surface area contributed by atoms with E-state index in [0.29, 0.717) is 4.70 Å². The molecule has 0 N–H and O–H groups in total. The van der Waals surface area contributed by atoms with Gasteiger partial charge in [0.05, 0.1) is 4.70 Å². The fraction of sp³-hybridized carbons (Fsp3) is 0.125. The van der Waals surface area contributed by atoms with E-state index in [1.807, 2.05) is 0 Å². The van der Waals surface area contributed by atoms with Crippen LogP contribution in [0.15, 0.2) is 24.4 Å². The number of nitrogens with zero attached hydrogens (tertiary/aromatic N) is 1. The van der Waals surface area contributed by atoms with Crippen LogP contribution in [-0.4, -0.2) is 10.7 Å². The highest BCUT2D eigenvalue weighted by molar-refractivity contribution is 7.13. The Hall–Kier alpha value is -1.30. The molecule has 14 heavy (non-hydrogen) atoms. The van der Waals surface area contributed by atoms with Gasteiger partial charge in [-0.2, -0.15) is 4.37 Å². The molecule has 0 aliphatic heterocycles. The average Bonchev–Trinajstić information content (AvgIpc) is 2.47. The van der Waals surface area contributed by atoms with Crippen molar-refractivity contribution < 1.29 is 17.9 Å². The minimum Gasteiger partial charge on any atom is -0.406 e. The summed E-state index contributed by atoms with van der Waals surface area (Å²) < 4.78 is 43.8. The van der Waals surface area contributed by atoms with E-state index in [9.17, 15) is 13.2 Å². The van der Waals surface area contributed by atoms with Crippen LogP contribution in [0.5, 0.6) is 5.75 Å². The summed E-state index contributed by atoms with van der Waals surface area (Å²) in [6, 6.07) is 4.13. The Morgan fingerprint density at radius 3 is 2.79 bits per heavy atom. The van der Waals surface area contributed by atoms with E-state index < -0.39 is 6.36 Å². The number of aromatic nitrogens is 1. The third kappa shape index (κ3) is 1.95. The Kier molecular flexibility index (Phi) is 2.07. The van der Waals surface area contributed by atoms with Crippen molar-refractivity contribution in [3.05, 3.63) is 24.4 Å². The smallest absolute Gasteiger partial charge is 0.406 e. The van der Waals surface area contributed by atoms with E-state index in [1.54, 1.807) is 12.3 Å². The zero-order valence-corrected chi connectivity index (χ0v) is 7.52. The lowest BCUT2D eigenvalue weighted by Crippen LogP contribution is -2.16. The van der Waals surface area contributed by atoms with Crippen molar-refractivity contribution in [1.29, 1.82) is 0 Å². The number of ether oxygens (including phenoxy) is 1. The summed E-state index contributed by atoms with van der Waals surface area (Å²) in [4.78, 5) is 0. The zero-order valence-electron chi connectivity index (χ0n) is 6.71. The highest BCUT2D eigenvalue weighted by atomic mass is 32.1. The first kappa shape index (κ1) is 9.26. The summed E-state index contributed by atoms with van der Waals surface area (Å²) in [6.07, 6.45) is -3.05. The molecule has 0 saturated carbocycles. The van der Waals surface area contributed by atoms with Crippen molar-refractivity contribution >= 4 is 21.6 Å². The molecular formula is C8H4F3NOS. The molecule has 2 nitrogen and oxygen atoms in total. The highest BCUT2D eigenvalue weighted by Crippen LogP contribution is 2.27. The highest BCUT2D eigenvalue weighted by Gasteiger charge is 2.31. The average molecular weight is 219 g/mol. The van der Waals surface area contributed by atoms with Crippen LogP contribution >= 0.6 is 11.5 Å². The summed E-state index contributed by atoms with van der Waals surface area (Å²) in [6.45, 7) is 0. The van der Waals surface area contributed by atoms with Gasteiger partial charge in [0.15, 0.2) is 0 Å². The van der Waals surface area contributed by atoms with Crippen molar-refractivity contribution in [1.82, 2.24) is 4.37 Å². The number of alkyl halides is 3. The predicted molar refractivity (Wildman–Crippen MR) is 46.3 cm³/mol. The van der Waals surface area contributed by atoms with E-state index in [2.05, 4.69) is 9.11 Å². The number of benzene rings is 1. The first-order valence-electron chi connectivity index (χ1n) is 3.65. The number of hydrogen-bond donors (Lipinski definition) is 0. The van der Waals surface area contributed by atoms with Gasteiger partial charge in [-0.05, 0) is 29.7 Å². The molecule has 0 spiro atoms. The fourth-order valence-electron chi connectivity index (χ4n) is 1.04. The van der Waals surface area contributed by atoms with Crippen molar-refractivity contribution in [3.8, 4) is 5.75 Å². The van der Waals surface area contributed by atoms with Gasteiger partial charge < -0.3 is 4.74 Å². The molecule has 0 bridgehead atoms. The monoisotopic (exact) mass is 219 g/mol. The van der Waals surface area contributed by atoms with Crippen LogP contribution in [0.4, 0.5) is 13.2 Å². The molecule has 2 rings (SSSR count). The molecule has 2 aromatic rings. The van der Waals surface area contributed by atoms with Gasteiger partial charge in [-0.15, -0.1) is 13.2 Å². The number of rotatable bonds is 1. The Balaban J connectivity index is 2.35. The molecule has 74 valence electrons. The molecule has 0 amide bonds. The maximum atomic E-state index is 11.8. The molecule has 6 heteroatoms. The molecule has 0 aliphatic carbocycles. The lowest BCUT2D eigenvalue weighted by Gasteiger charge is -2.07. The van der Waals surface area contributed by atoms with Crippen molar-refractivity contribution in [2.75, 3.05) is 0 Å². The zero-order chi connectivity index (χ0) is 10.2. The molecule has 0 fully saturated rings. The quantitative estimate of drug-likeness (QED) is 0.734. The predicted octanol–water partition coefficient (Wildman–Crippen LogP) is 3.19. The van der Waals surface area contributed by atoms with Crippen LogP contribution < -0.4 is 4.74 Å². The van der Waals surface area contributed by atoms with Gasteiger partial charge in [0.1, 0.15) is 5.75 Å². The SMILES string of the molecule is FC(F)(F)Oc1ccc2cnsc2c1. The summed E-state index contributed by atoms with van der Waals surface area (Å²) in [5.41, 5.74) is 0. The van der Waals surface area contributed by atoms with Crippen LogP contribution in [0.1, 0.15) is 0 Å². The lowest BCUT2D eigenvalue weighted by atomic mass is 10.3. The van der Waals surface area contributed by atoms with E-state index in [4.69, 9.17) is 0 Å². The Morgan fingerprint density at radius 1 is 1.29 bits per heavy atom.